The summed E-state index contributed by atoms with van der Waals surface area (Å²) in [6.45, 7) is 0.876. The van der Waals surface area contributed by atoms with Crippen LogP contribution in [0.25, 0.3) is 10.9 Å². The molecule has 2 N–H and O–H groups in total. The lowest BCUT2D eigenvalue weighted by Crippen LogP contribution is -2.44. The van der Waals surface area contributed by atoms with Crippen LogP contribution in [0, 0.1) is 11.8 Å². The number of aromatic nitrogens is 1. The standard InChI is InChI=1S/C26H25N3O4/c1-32-20-9-5-4-8-19(20)29-15-26-12-10-21(33-26)22(23(26)25(29)31)24(30)27-13-11-16-14-28-18-7-3-2-6-17(16)18/h2-10,12,14,21-23,28H,11,13,15H2,1H3,(H,27,30)/t21-,22-,23+,26-/m0/s1. The summed E-state index contributed by atoms with van der Waals surface area (Å²) < 4.78 is 11.7. The van der Waals surface area contributed by atoms with Crippen LogP contribution in [0.4, 0.5) is 5.69 Å². The van der Waals surface area contributed by atoms with Crippen LogP contribution in [0.15, 0.2) is 66.9 Å². The maximum absolute atomic E-state index is 13.5. The largest absolute Gasteiger partial charge is 0.495 e. The predicted octanol–water partition coefficient (Wildman–Crippen LogP) is 2.82. The van der Waals surface area contributed by atoms with Crippen LogP contribution in [-0.2, 0) is 20.7 Å². The molecule has 4 heterocycles. The van der Waals surface area contributed by atoms with Gasteiger partial charge in [0.1, 0.15) is 11.4 Å². The highest BCUT2D eigenvalue weighted by Crippen LogP contribution is 2.53. The lowest BCUT2D eigenvalue weighted by Gasteiger charge is -2.23. The average molecular weight is 444 g/mol. The molecular weight excluding hydrogens is 418 g/mol. The summed E-state index contributed by atoms with van der Waals surface area (Å²) in [4.78, 5) is 31.7. The second kappa shape index (κ2) is 7.49. The molecule has 0 saturated carbocycles. The first-order valence-electron chi connectivity index (χ1n) is 11.3. The summed E-state index contributed by atoms with van der Waals surface area (Å²) in [5.74, 6) is -0.675. The first kappa shape index (κ1) is 20.1. The van der Waals surface area contributed by atoms with Gasteiger partial charge in [-0.25, -0.2) is 0 Å². The zero-order valence-corrected chi connectivity index (χ0v) is 18.3. The summed E-state index contributed by atoms with van der Waals surface area (Å²) in [5, 5.41) is 4.22. The molecule has 1 aromatic heterocycles. The smallest absolute Gasteiger partial charge is 0.234 e. The zero-order valence-electron chi connectivity index (χ0n) is 18.3. The number of anilines is 1. The Morgan fingerprint density at radius 1 is 1.24 bits per heavy atom. The van der Waals surface area contributed by atoms with E-state index in [2.05, 4.69) is 16.4 Å². The van der Waals surface area contributed by atoms with Gasteiger partial charge < -0.3 is 24.7 Å². The van der Waals surface area contributed by atoms with Crippen molar-refractivity contribution in [1.82, 2.24) is 10.3 Å². The highest BCUT2D eigenvalue weighted by molar-refractivity contribution is 6.04. The molecule has 2 saturated heterocycles. The van der Waals surface area contributed by atoms with Crippen LogP contribution >= 0.6 is 0 Å². The Labute approximate surface area is 191 Å². The number of aromatic amines is 1. The highest BCUT2D eigenvalue weighted by atomic mass is 16.5. The number of hydrogen-bond donors (Lipinski definition) is 2. The van der Waals surface area contributed by atoms with Crippen molar-refractivity contribution in [3.8, 4) is 5.75 Å². The van der Waals surface area contributed by atoms with E-state index in [4.69, 9.17) is 9.47 Å². The molecular formula is C26H25N3O4. The topological polar surface area (TPSA) is 83.7 Å². The van der Waals surface area contributed by atoms with Crippen LogP contribution in [0.1, 0.15) is 5.56 Å². The fraction of sp³-hybridized carbons (Fsp3) is 0.308. The molecule has 168 valence electrons. The van der Waals surface area contributed by atoms with Gasteiger partial charge in [-0.05, 0) is 30.2 Å². The summed E-state index contributed by atoms with van der Waals surface area (Å²) in [6, 6.07) is 15.6. The van der Waals surface area contributed by atoms with Crippen molar-refractivity contribution in [3.63, 3.8) is 0 Å². The maximum atomic E-state index is 13.5. The van der Waals surface area contributed by atoms with Crippen molar-refractivity contribution in [2.24, 2.45) is 11.8 Å². The highest BCUT2D eigenvalue weighted by Gasteiger charge is 2.67. The Morgan fingerprint density at radius 2 is 2.06 bits per heavy atom. The fourth-order valence-corrected chi connectivity index (χ4v) is 5.63. The number of ether oxygens (including phenoxy) is 2. The summed E-state index contributed by atoms with van der Waals surface area (Å²) in [7, 11) is 1.59. The number of amides is 2. The van der Waals surface area contributed by atoms with Crippen LogP contribution in [-0.4, -0.2) is 48.7 Å². The minimum atomic E-state index is -0.762. The number of carbonyl (C=O) groups is 2. The Bertz CT molecular complexity index is 1280. The Hall–Kier alpha value is -3.58. The Balaban J connectivity index is 1.19. The van der Waals surface area contributed by atoms with E-state index in [0.717, 1.165) is 16.5 Å². The quantitative estimate of drug-likeness (QED) is 0.574. The van der Waals surface area contributed by atoms with Gasteiger partial charge in [-0.15, -0.1) is 0 Å². The summed E-state index contributed by atoms with van der Waals surface area (Å²) in [6.07, 6.45) is 6.22. The van der Waals surface area contributed by atoms with Gasteiger partial charge in [-0.3, -0.25) is 9.59 Å². The Kier molecular flexibility index (Phi) is 4.55. The second-order valence-electron chi connectivity index (χ2n) is 8.90. The van der Waals surface area contributed by atoms with E-state index in [1.807, 2.05) is 60.8 Å². The van der Waals surface area contributed by atoms with E-state index in [1.54, 1.807) is 12.0 Å². The molecule has 1 spiro atoms. The van der Waals surface area contributed by atoms with Gasteiger partial charge in [-0.1, -0.05) is 42.5 Å². The number of rotatable bonds is 6. The number of methoxy groups -OCH3 is 1. The van der Waals surface area contributed by atoms with E-state index < -0.39 is 17.4 Å². The third kappa shape index (κ3) is 2.99. The predicted molar refractivity (Wildman–Crippen MR) is 124 cm³/mol. The third-order valence-corrected chi connectivity index (χ3v) is 7.15. The molecule has 0 radical (unpaired) electrons. The molecule has 3 aliphatic heterocycles. The first-order valence-corrected chi connectivity index (χ1v) is 11.3. The van der Waals surface area contributed by atoms with E-state index in [0.29, 0.717) is 30.9 Å². The Morgan fingerprint density at radius 3 is 2.94 bits per heavy atom. The minimum Gasteiger partial charge on any atom is -0.495 e. The number of nitrogens with zero attached hydrogens (tertiary/aromatic N) is 1. The van der Waals surface area contributed by atoms with E-state index in [-0.39, 0.29) is 17.9 Å². The van der Waals surface area contributed by atoms with E-state index in [1.165, 1.54) is 0 Å². The fourth-order valence-electron chi connectivity index (χ4n) is 5.63. The van der Waals surface area contributed by atoms with Gasteiger partial charge >= 0.3 is 0 Å². The number of fused-ring (bicyclic) bond motifs is 2. The molecule has 7 heteroatoms. The van der Waals surface area contributed by atoms with Crippen LogP contribution in [0.5, 0.6) is 5.75 Å². The van der Waals surface area contributed by atoms with Crippen molar-refractivity contribution in [2.75, 3.05) is 25.1 Å². The van der Waals surface area contributed by atoms with E-state index >= 15 is 0 Å². The van der Waals surface area contributed by atoms with Crippen molar-refractivity contribution < 1.29 is 19.1 Å². The number of carbonyl (C=O) groups excluding carboxylic acids is 2. The van der Waals surface area contributed by atoms with Crippen LogP contribution in [0.2, 0.25) is 0 Å². The zero-order chi connectivity index (χ0) is 22.6. The normalized spacial score (nSPS) is 27.4. The van der Waals surface area contributed by atoms with Gasteiger partial charge in [-0.2, -0.15) is 0 Å². The number of nitrogens with one attached hydrogen (secondary N) is 2. The molecule has 3 aromatic rings. The molecule has 2 fully saturated rings. The molecule has 0 aliphatic carbocycles. The minimum absolute atomic E-state index is 0.0943. The van der Waals surface area contributed by atoms with Crippen molar-refractivity contribution in [1.29, 1.82) is 0 Å². The lowest BCUT2D eigenvalue weighted by atomic mass is 9.77. The average Bonchev–Trinajstić information content (AvgIpc) is 3.59. The first-order chi connectivity index (χ1) is 16.1. The lowest BCUT2D eigenvalue weighted by molar-refractivity contribution is -0.131. The van der Waals surface area contributed by atoms with Crippen LogP contribution < -0.4 is 15.0 Å². The number of para-hydroxylation sites is 3. The molecule has 33 heavy (non-hydrogen) atoms. The van der Waals surface area contributed by atoms with Gasteiger partial charge in [0.25, 0.3) is 0 Å². The number of hydrogen-bond acceptors (Lipinski definition) is 4. The molecule has 3 aliphatic rings. The van der Waals surface area contributed by atoms with E-state index in [9.17, 15) is 9.59 Å². The molecule has 6 rings (SSSR count). The molecule has 2 amide bonds. The molecule has 4 atom stereocenters. The molecule has 2 bridgehead atoms. The third-order valence-electron chi connectivity index (χ3n) is 7.15. The number of H-pyrrole nitrogens is 1. The SMILES string of the molecule is COc1ccccc1N1C[C@]23C=C[C@H](O2)[C@H](C(=O)NCCc2c[nH]c4ccccc24)[C@@H]3C1=O. The molecule has 7 nitrogen and oxygen atoms in total. The van der Waals surface area contributed by atoms with Crippen molar-refractivity contribution >= 4 is 28.4 Å². The van der Waals surface area contributed by atoms with Gasteiger partial charge in [0, 0.05) is 23.6 Å². The van der Waals surface area contributed by atoms with Crippen LogP contribution in [0.3, 0.4) is 0 Å². The van der Waals surface area contributed by atoms with Crippen molar-refractivity contribution in [3.05, 3.63) is 72.4 Å². The summed E-state index contributed by atoms with van der Waals surface area (Å²) >= 11 is 0. The molecule has 2 aromatic carbocycles. The maximum Gasteiger partial charge on any atom is 0.234 e. The van der Waals surface area contributed by atoms with Gasteiger partial charge in [0.2, 0.25) is 11.8 Å². The second-order valence-corrected chi connectivity index (χ2v) is 8.90. The molecule has 0 unspecified atom stereocenters. The number of benzene rings is 2. The monoisotopic (exact) mass is 443 g/mol. The van der Waals surface area contributed by atoms with Gasteiger partial charge in [0.15, 0.2) is 0 Å². The van der Waals surface area contributed by atoms with Gasteiger partial charge in [0.05, 0.1) is 37.3 Å². The van der Waals surface area contributed by atoms with Crippen molar-refractivity contribution in [2.45, 2.75) is 18.1 Å². The summed E-state index contributed by atoms with van der Waals surface area (Å²) in [5.41, 5.74) is 2.18.